The molecule has 3 saturated carbocycles. The van der Waals surface area contributed by atoms with Gasteiger partial charge in [0.1, 0.15) is 18.3 Å². The van der Waals surface area contributed by atoms with E-state index in [9.17, 15) is 24.6 Å². The van der Waals surface area contributed by atoms with Crippen LogP contribution in [0.3, 0.4) is 0 Å². The molecule has 6 nitrogen and oxygen atoms in total. The average molecular weight is 364 g/mol. The van der Waals surface area contributed by atoms with Crippen LogP contribution in [-0.4, -0.2) is 46.1 Å². The molecule has 10 unspecified atom stereocenters. The second-order valence-electron chi connectivity index (χ2n) is 9.55. The van der Waals surface area contributed by atoms with Crippen molar-refractivity contribution in [2.24, 2.45) is 40.4 Å². The van der Waals surface area contributed by atoms with E-state index in [4.69, 9.17) is 4.74 Å². The molecule has 26 heavy (non-hydrogen) atoms. The first-order chi connectivity index (χ1) is 12.0. The van der Waals surface area contributed by atoms with Gasteiger partial charge < -0.3 is 14.9 Å². The van der Waals surface area contributed by atoms with Gasteiger partial charge in [-0.25, -0.2) is 0 Å². The van der Waals surface area contributed by atoms with Crippen LogP contribution in [0.1, 0.15) is 47.0 Å². The van der Waals surface area contributed by atoms with Crippen molar-refractivity contribution >= 4 is 17.5 Å². The maximum atomic E-state index is 13.3. The van der Waals surface area contributed by atoms with E-state index in [1.165, 1.54) is 0 Å². The van der Waals surface area contributed by atoms with Gasteiger partial charge in [-0.2, -0.15) is 0 Å². The lowest BCUT2D eigenvalue weighted by molar-refractivity contribution is -0.258. The van der Waals surface area contributed by atoms with Crippen LogP contribution in [0.15, 0.2) is 0 Å². The maximum Gasteiger partial charge on any atom is 0.306 e. The lowest BCUT2D eigenvalue weighted by Gasteiger charge is -2.67. The van der Waals surface area contributed by atoms with Gasteiger partial charge in [0.25, 0.3) is 0 Å². The first kappa shape index (κ1) is 18.1. The van der Waals surface area contributed by atoms with E-state index in [2.05, 4.69) is 0 Å². The van der Waals surface area contributed by atoms with E-state index in [1.807, 2.05) is 27.7 Å². The molecule has 0 aromatic rings. The fourth-order valence-corrected chi connectivity index (χ4v) is 7.18. The lowest BCUT2D eigenvalue weighted by atomic mass is 9.37. The molecular formula is C20H28O6. The van der Waals surface area contributed by atoms with Crippen LogP contribution >= 0.6 is 0 Å². The average Bonchev–Trinajstić information content (AvgIpc) is 2.56. The van der Waals surface area contributed by atoms with Crippen molar-refractivity contribution in [2.45, 2.75) is 65.3 Å². The molecule has 1 heterocycles. The topological polar surface area (TPSA) is 101 Å². The molecule has 1 saturated heterocycles. The van der Waals surface area contributed by atoms with E-state index in [0.29, 0.717) is 6.42 Å². The zero-order valence-electron chi connectivity index (χ0n) is 15.8. The van der Waals surface area contributed by atoms with E-state index in [0.717, 1.165) is 0 Å². The Morgan fingerprint density at radius 2 is 1.65 bits per heavy atom. The van der Waals surface area contributed by atoms with Gasteiger partial charge in [0.15, 0.2) is 11.6 Å². The predicted molar refractivity (Wildman–Crippen MR) is 90.8 cm³/mol. The van der Waals surface area contributed by atoms with Crippen molar-refractivity contribution in [3.63, 3.8) is 0 Å². The minimum Gasteiger partial charge on any atom is -0.462 e. The Bertz CT molecular complexity index is 688. The SMILES string of the molecule is CC1CC(=O)C(O)C2(C)C1CC1OC(=O)CC3C(C)C(O)C(=O)C2C13C. The Morgan fingerprint density at radius 3 is 2.31 bits per heavy atom. The summed E-state index contributed by atoms with van der Waals surface area (Å²) in [5.41, 5.74) is -1.62. The third-order valence-electron chi connectivity index (χ3n) is 8.48. The van der Waals surface area contributed by atoms with E-state index >= 15 is 0 Å². The van der Waals surface area contributed by atoms with Crippen LogP contribution in [0.2, 0.25) is 0 Å². The smallest absolute Gasteiger partial charge is 0.306 e. The molecule has 0 aromatic carbocycles. The number of Topliss-reactive ketones (excluding diaryl/α,β-unsaturated/α-hetero) is 2. The minimum absolute atomic E-state index is 0.0104. The first-order valence-electron chi connectivity index (χ1n) is 9.66. The highest BCUT2D eigenvalue weighted by Gasteiger charge is 2.73. The highest BCUT2D eigenvalue weighted by Crippen LogP contribution is 2.67. The van der Waals surface area contributed by atoms with Crippen LogP contribution in [0, 0.1) is 40.4 Å². The Morgan fingerprint density at radius 1 is 1.00 bits per heavy atom. The molecule has 4 fully saturated rings. The number of hydrogen-bond acceptors (Lipinski definition) is 6. The second-order valence-corrected chi connectivity index (χ2v) is 9.55. The fraction of sp³-hybridized carbons (Fsp3) is 0.850. The molecule has 0 radical (unpaired) electrons. The van der Waals surface area contributed by atoms with Crippen molar-refractivity contribution in [1.82, 2.24) is 0 Å². The van der Waals surface area contributed by atoms with Crippen LogP contribution in [0.5, 0.6) is 0 Å². The summed E-state index contributed by atoms with van der Waals surface area (Å²) in [4.78, 5) is 38.0. The lowest BCUT2D eigenvalue weighted by Crippen LogP contribution is -2.74. The number of aliphatic hydroxyl groups is 2. The van der Waals surface area contributed by atoms with Gasteiger partial charge in [-0.15, -0.1) is 0 Å². The number of hydrogen-bond donors (Lipinski definition) is 2. The third-order valence-corrected chi connectivity index (χ3v) is 8.48. The summed E-state index contributed by atoms with van der Waals surface area (Å²) >= 11 is 0. The molecule has 4 aliphatic rings. The Labute approximate surface area is 153 Å². The number of carbonyl (C=O) groups is 3. The Kier molecular flexibility index (Phi) is 3.75. The highest BCUT2D eigenvalue weighted by atomic mass is 16.5. The molecule has 10 atom stereocenters. The van der Waals surface area contributed by atoms with Gasteiger partial charge in [-0.3, -0.25) is 14.4 Å². The van der Waals surface area contributed by atoms with Crippen molar-refractivity contribution < 1.29 is 29.3 Å². The van der Waals surface area contributed by atoms with Gasteiger partial charge in [0.2, 0.25) is 0 Å². The van der Waals surface area contributed by atoms with Crippen molar-refractivity contribution in [3.05, 3.63) is 0 Å². The summed E-state index contributed by atoms with van der Waals surface area (Å²) in [5, 5.41) is 21.5. The molecule has 4 rings (SSSR count). The summed E-state index contributed by atoms with van der Waals surface area (Å²) in [6.07, 6.45) is -1.85. The van der Waals surface area contributed by atoms with Crippen molar-refractivity contribution in [2.75, 3.05) is 0 Å². The summed E-state index contributed by atoms with van der Waals surface area (Å²) in [6.45, 7) is 7.56. The number of ketones is 2. The zero-order valence-corrected chi connectivity index (χ0v) is 15.8. The zero-order chi connectivity index (χ0) is 19.2. The summed E-state index contributed by atoms with van der Waals surface area (Å²) in [7, 11) is 0. The number of esters is 1. The number of aliphatic hydroxyl groups excluding tert-OH is 2. The van der Waals surface area contributed by atoms with E-state index in [1.54, 1.807) is 0 Å². The summed E-state index contributed by atoms with van der Waals surface area (Å²) in [6, 6.07) is 0. The van der Waals surface area contributed by atoms with E-state index in [-0.39, 0.29) is 54.0 Å². The van der Waals surface area contributed by atoms with Gasteiger partial charge in [-0.05, 0) is 30.1 Å². The normalized spacial score (nSPS) is 56.5. The summed E-state index contributed by atoms with van der Waals surface area (Å²) in [5.74, 6) is -2.22. The molecule has 2 N–H and O–H groups in total. The van der Waals surface area contributed by atoms with Crippen LogP contribution in [-0.2, 0) is 19.1 Å². The fourth-order valence-electron chi connectivity index (χ4n) is 7.18. The standard InChI is InChI=1S/C20H28O6/c1-8-5-12(21)18(25)20(4)10(8)6-13-19(3)11(7-14(22)26-13)9(2)15(23)16(24)17(19)20/h8-11,13,15,17-18,23,25H,5-7H2,1-4H3. The van der Waals surface area contributed by atoms with Gasteiger partial charge >= 0.3 is 5.97 Å². The molecule has 0 bridgehead atoms. The maximum absolute atomic E-state index is 13.3. The molecule has 144 valence electrons. The van der Waals surface area contributed by atoms with Gasteiger partial charge in [0, 0.05) is 29.6 Å². The number of ether oxygens (including phenoxy) is 1. The monoisotopic (exact) mass is 364 g/mol. The molecule has 0 amide bonds. The molecular weight excluding hydrogens is 336 g/mol. The molecule has 1 aliphatic heterocycles. The van der Waals surface area contributed by atoms with Crippen LogP contribution in [0.4, 0.5) is 0 Å². The molecule has 0 spiro atoms. The Hall–Kier alpha value is -1.27. The van der Waals surface area contributed by atoms with Crippen LogP contribution in [0.25, 0.3) is 0 Å². The predicted octanol–water partition coefficient (Wildman–Crippen LogP) is 1.12. The van der Waals surface area contributed by atoms with Crippen LogP contribution < -0.4 is 0 Å². The number of rotatable bonds is 0. The van der Waals surface area contributed by atoms with E-state index < -0.39 is 35.1 Å². The third kappa shape index (κ3) is 1.92. The van der Waals surface area contributed by atoms with Gasteiger partial charge in [-0.1, -0.05) is 27.7 Å². The summed E-state index contributed by atoms with van der Waals surface area (Å²) < 4.78 is 5.73. The second kappa shape index (κ2) is 5.38. The minimum atomic E-state index is -1.23. The van der Waals surface area contributed by atoms with Crippen molar-refractivity contribution in [1.29, 1.82) is 0 Å². The van der Waals surface area contributed by atoms with Gasteiger partial charge in [0.05, 0.1) is 0 Å². The number of carbonyl (C=O) groups excluding carboxylic acids is 3. The Balaban J connectivity index is 1.92. The quantitative estimate of drug-likeness (QED) is 0.625. The van der Waals surface area contributed by atoms with Crippen molar-refractivity contribution in [3.8, 4) is 0 Å². The first-order valence-corrected chi connectivity index (χ1v) is 9.66. The molecule has 3 aliphatic carbocycles. The highest BCUT2D eigenvalue weighted by molar-refractivity contribution is 5.92. The largest absolute Gasteiger partial charge is 0.462 e. The molecule has 0 aromatic heterocycles. The number of fused-ring (bicyclic) bond motifs is 2. The molecule has 6 heteroatoms.